The normalized spacial score (nSPS) is 13.2. The molecule has 0 atom stereocenters. The molecule has 0 radical (unpaired) electrons. The molecule has 0 amide bonds. The molecule has 2 N–H and O–H groups in total. The van der Waals surface area contributed by atoms with Gasteiger partial charge in [-0.1, -0.05) is 32.9 Å². The third-order valence-electron chi connectivity index (χ3n) is 2.03. The Morgan fingerprint density at radius 3 is 2.18 bits per heavy atom. The van der Waals surface area contributed by atoms with Gasteiger partial charge < -0.3 is 5.73 Å². The Morgan fingerprint density at radius 1 is 1.45 bits per heavy atom. The second-order valence-corrected chi connectivity index (χ2v) is 3.23. The molecule has 0 saturated heterocycles. The first-order valence-corrected chi connectivity index (χ1v) is 4.15. The lowest BCUT2D eigenvalue weighted by molar-refractivity contribution is 0.771. The molecule has 0 fully saturated rings. The van der Waals surface area contributed by atoms with Crippen LogP contribution in [-0.4, -0.2) is 0 Å². The van der Waals surface area contributed by atoms with Gasteiger partial charge in [0.2, 0.25) is 0 Å². The molecule has 0 aromatic heterocycles. The number of nitrogens with two attached hydrogens (primary N) is 1. The van der Waals surface area contributed by atoms with Crippen molar-refractivity contribution in [1.82, 2.24) is 0 Å². The monoisotopic (exact) mass is 153 g/mol. The van der Waals surface area contributed by atoms with Crippen LogP contribution in [0.2, 0.25) is 0 Å². The zero-order valence-electron chi connectivity index (χ0n) is 8.07. The molecule has 0 aliphatic rings. The van der Waals surface area contributed by atoms with Crippen LogP contribution in [0.4, 0.5) is 0 Å². The van der Waals surface area contributed by atoms with Gasteiger partial charge in [0, 0.05) is 5.70 Å². The van der Waals surface area contributed by atoms with E-state index in [1.54, 1.807) is 0 Å². The Hall–Kier alpha value is -0.720. The van der Waals surface area contributed by atoms with Crippen LogP contribution in [0.15, 0.2) is 23.4 Å². The zero-order valence-corrected chi connectivity index (χ0v) is 8.07. The summed E-state index contributed by atoms with van der Waals surface area (Å²) in [5.41, 5.74) is 9.04. The van der Waals surface area contributed by atoms with Gasteiger partial charge >= 0.3 is 0 Å². The smallest absolute Gasteiger partial charge is 0.0332 e. The molecule has 0 rings (SSSR count). The highest BCUT2D eigenvalue weighted by Crippen LogP contribution is 2.17. The minimum atomic E-state index is 0.455. The summed E-state index contributed by atoms with van der Waals surface area (Å²) in [5, 5.41) is 0. The maximum atomic E-state index is 5.85. The van der Waals surface area contributed by atoms with E-state index in [9.17, 15) is 0 Å². The number of rotatable bonds is 3. The van der Waals surface area contributed by atoms with Gasteiger partial charge in [0.15, 0.2) is 0 Å². The second-order valence-electron chi connectivity index (χ2n) is 3.23. The minimum absolute atomic E-state index is 0.455. The van der Waals surface area contributed by atoms with Gasteiger partial charge in [-0.05, 0) is 24.8 Å². The van der Waals surface area contributed by atoms with Crippen molar-refractivity contribution in [2.75, 3.05) is 0 Å². The molecule has 0 bridgehead atoms. The number of allylic oxidation sites excluding steroid dienone is 2. The Morgan fingerprint density at radius 2 is 1.91 bits per heavy atom. The molecule has 0 unspecified atom stereocenters. The number of hydrogen-bond donors (Lipinski definition) is 1. The van der Waals surface area contributed by atoms with E-state index in [2.05, 4.69) is 34.3 Å². The van der Waals surface area contributed by atoms with E-state index in [0.29, 0.717) is 5.92 Å². The zero-order chi connectivity index (χ0) is 9.02. The van der Waals surface area contributed by atoms with Gasteiger partial charge in [-0.3, -0.25) is 0 Å². The minimum Gasteiger partial charge on any atom is -0.399 e. The van der Waals surface area contributed by atoms with E-state index in [1.165, 1.54) is 5.57 Å². The lowest BCUT2D eigenvalue weighted by Crippen LogP contribution is -2.07. The molecule has 11 heavy (non-hydrogen) atoms. The number of hydrogen-bond acceptors (Lipinski definition) is 1. The molecular weight excluding hydrogens is 134 g/mol. The van der Waals surface area contributed by atoms with E-state index in [1.807, 2.05) is 0 Å². The standard InChI is InChI=1S/C10H19N/c1-6-8(4)10(11)9(5)7(2)3/h7H,5-6,11H2,1-4H3/b10-8+. The molecule has 0 aliphatic heterocycles. The van der Waals surface area contributed by atoms with Crippen LogP contribution in [-0.2, 0) is 0 Å². The van der Waals surface area contributed by atoms with Gasteiger partial charge in [-0.15, -0.1) is 0 Å². The van der Waals surface area contributed by atoms with Gasteiger partial charge in [0.25, 0.3) is 0 Å². The fourth-order valence-electron chi connectivity index (χ4n) is 0.776. The largest absolute Gasteiger partial charge is 0.399 e. The highest BCUT2D eigenvalue weighted by atomic mass is 14.6. The molecule has 0 aliphatic carbocycles. The molecule has 0 aromatic carbocycles. The summed E-state index contributed by atoms with van der Waals surface area (Å²) in [4.78, 5) is 0. The highest BCUT2D eigenvalue weighted by Gasteiger charge is 2.04. The first kappa shape index (κ1) is 10.3. The van der Waals surface area contributed by atoms with Crippen LogP contribution in [0.25, 0.3) is 0 Å². The van der Waals surface area contributed by atoms with Crippen molar-refractivity contribution < 1.29 is 0 Å². The Balaban J connectivity index is 4.47. The van der Waals surface area contributed by atoms with E-state index in [0.717, 1.165) is 17.7 Å². The average Bonchev–Trinajstić information content (AvgIpc) is 2.00. The van der Waals surface area contributed by atoms with E-state index in [4.69, 9.17) is 5.73 Å². The van der Waals surface area contributed by atoms with Crippen molar-refractivity contribution in [3.05, 3.63) is 23.4 Å². The Kier molecular flexibility index (Phi) is 3.94. The summed E-state index contributed by atoms with van der Waals surface area (Å²) in [7, 11) is 0. The van der Waals surface area contributed by atoms with Crippen LogP contribution in [0.5, 0.6) is 0 Å². The topological polar surface area (TPSA) is 26.0 Å². The summed E-state index contributed by atoms with van der Waals surface area (Å²) >= 11 is 0. The van der Waals surface area contributed by atoms with E-state index < -0.39 is 0 Å². The van der Waals surface area contributed by atoms with Gasteiger partial charge in [-0.2, -0.15) is 0 Å². The predicted molar refractivity (Wildman–Crippen MR) is 51.2 cm³/mol. The molecule has 0 heterocycles. The van der Waals surface area contributed by atoms with E-state index >= 15 is 0 Å². The van der Waals surface area contributed by atoms with Crippen LogP contribution < -0.4 is 5.73 Å². The maximum absolute atomic E-state index is 5.85. The van der Waals surface area contributed by atoms with Crippen LogP contribution in [0.1, 0.15) is 34.1 Å². The van der Waals surface area contributed by atoms with Crippen LogP contribution in [0, 0.1) is 5.92 Å². The SMILES string of the molecule is C=C(/C(N)=C(/C)CC)C(C)C. The van der Waals surface area contributed by atoms with Gasteiger partial charge in [0.05, 0.1) is 0 Å². The van der Waals surface area contributed by atoms with Crippen LogP contribution >= 0.6 is 0 Å². The summed E-state index contributed by atoms with van der Waals surface area (Å²) in [6.45, 7) is 12.3. The lowest BCUT2D eigenvalue weighted by atomic mass is 9.98. The summed E-state index contributed by atoms with van der Waals surface area (Å²) in [5.74, 6) is 0.455. The van der Waals surface area contributed by atoms with Crippen molar-refractivity contribution >= 4 is 0 Å². The second kappa shape index (κ2) is 4.22. The van der Waals surface area contributed by atoms with Crippen molar-refractivity contribution in [1.29, 1.82) is 0 Å². The third kappa shape index (κ3) is 2.79. The fraction of sp³-hybridized carbons (Fsp3) is 0.600. The molecule has 0 spiro atoms. The van der Waals surface area contributed by atoms with Crippen molar-refractivity contribution in [2.24, 2.45) is 11.7 Å². The molecule has 64 valence electrons. The average molecular weight is 153 g/mol. The lowest BCUT2D eigenvalue weighted by Gasteiger charge is -2.12. The fourth-order valence-corrected chi connectivity index (χ4v) is 0.776. The first-order valence-electron chi connectivity index (χ1n) is 4.15. The quantitative estimate of drug-likeness (QED) is 0.620. The molecule has 0 saturated carbocycles. The molecule has 1 heteroatoms. The third-order valence-corrected chi connectivity index (χ3v) is 2.03. The molecule has 1 nitrogen and oxygen atoms in total. The highest BCUT2D eigenvalue weighted by molar-refractivity contribution is 5.30. The summed E-state index contributed by atoms with van der Waals surface area (Å²) < 4.78 is 0. The Bertz CT molecular complexity index is 175. The molecule has 0 aromatic rings. The van der Waals surface area contributed by atoms with Crippen molar-refractivity contribution in [3.8, 4) is 0 Å². The van der Waals surface area contributed by atoms with Crippen molar-refractivity contribution in [3.63, 3.8) is 0 Å². The van der Waals surface area contributed by atoms with Crippen molar-refractivity contribution in [2.45, 2.75) is 34.1 Å². The predicted octanol–water partition coefficient (Wildman–Crippen LogP) is 2.84. The maximum Gasteiger partial charge on any atom is 0.0332 e. The molecular formula is C10H19N. The summed E-state index contributed by atoms with van der Waals surface area (Å²) in [6.07, 6.45) is 1.01. The van der Waals surface area contributed by atoms with Gasteiger partial charge in [0.1, 0.15) is 0 Å². The summed E-state index contributed by atoms with van der Waals surface area (Å²) in [6, 6.07) is 0. The van der Waals surface area contributed by atoms with Crippen LogP contribution in [0.3, 0.4) is 0 Å². The van der Waals surface area contributed by atoms with Gasteiger partial charge in [-0.25, -0.2) is 0 Å². The first-order chi connectivity index (χ1) is 5.00. The Labute approximate surface area is 70.0 Å². The van der Waals surface area contributed by atoms with E-state index in [-0.39, 0.29) is 0 Å².